The van der Waals surface area contributed by atoms with E-state index in [0.717, 1.165) is 49.2 Å². The molecule has 3 aromatic rings. The van der Waals surface area contributed by atoms with E-state index in [2.05, 4.69) is 35.2 Å². The van der Waals surface area contributed by atoms with Gasteiger partial charge in [0.2, 0.25) is 0 Å². The number of hydrogen-bond acceptors (Lipinski definition) is 3. The zero-order valence-electron chi connectivity index (χ0n) is 19.3. The molecule has 0 N–H and O–H groups in total. The minimum atomic E-state index is -0.273. The van der Waals surface area contributed by atoms with E-state index < -0.39 is 0 Å². The second-order valence-corrected chi connectivity index (χ2v) is 9.33. The Labute approximate surface area is 200 Å². The van der Waals surface area contributed by atoms with Gasteiger partial charge in [-0.05, 0) is 67.1 Å². The van der Waals surface area contributed by atoms with E-state index in [-0.39, 0.29) is 17.8 Å². The predicted molar refractivity (Wildman–Crippen MR) is 133 cm³/mol. The van der Waals surface area contributed by atoms with Crippen molar-refractivity contribution in [2.75, 3.05) is 19.6 Å². The largest absolute Gasteiger partial charge is 0.294 e. The second-order valence-electron chi connectivity index (χ2n) is 9.33. The van der Waals surface area contributed by atoms with Gasteiger partial charge in [0, 0.05) is 6.42 Å². The highest BCUT2D eigenvalue weighted by atomic mass is 19.1. The maximum Gasteiger partial charge on any atom is 0.257 e. The van der Waals surface area contributed by atoms with E-state index >= 15 is 0 Å². The normalized spacial score (nSPS) is 19.3. The maximum absolute atomic E-state index is 13.4. The zero-order valence-corrected chi connectivity index (χ0v) is 19.3. The van der Waals surface area contributed by atoms with Crippen LogP contribution in [0, 0.1) is 11.7 Å². The van der Waals surface area contributed by atoms with Gasteiger partial charge in [0.05, 0.1) is 18.3 Å². The van der Waals surface area contributed by atoms with Crippen molar-refractivity contribution >= 4 is 11.6 Å². The molecule has 1 fully saturated rings. The number of hydrogen-bond donors (Lipinski definition) is 0. The standard InChI is InChI=1S/C29H30FN3O/c30-26-13-11-24(12-14-26)27-20-28(25-9-5-2-6-10-25)33(31-27)29(34)21-32-17-15-23(16-18-32)19-22-7-3-1-4-8-22/h1-14,23,28H,15-21H2. The molecule has 0 aromatic heterocycles. The third kappa shape index (κ3) is 5.26. The van der Waals surface area contributed by atoms with Crippen molar-refractivity contribution in [3.63, 3.8) is 0 Å². The number of rotatable bonds is 6. The van der Waals surface area contributed by atoms with Crippen LogP contribution in [-0.2, 0) is 11.2 Å². The number of piperidine rings is 1. The van der Waals surface area contributed by atoms with Crippen LogP contribution >= 0.6 is 0 Å². The van der Waals surface area contributed by atoms with Crippen LogP contribution in [0.5, 0.6) is 0 Å². The lowest BCUT2D eigenvalue weighted by Gasteiger charge is -2.33. The molecule has 1 amide bonds. The fourth-order valence-corrected chi connectivity index (χ4v) is 5.05. The molecule has 5 heteroatoms. The van der Waals surface area contributed by atoms with Gasteiger partial charge in [0.1, 0.15) is 5.82 Å². The fourth-order valence-electron chi connectivity index (χ4n) is 5.05. The summed E-state index contributed by atoms with van der Waals surface area (Å²) >= 11 is 0. The zero-order chi connectivity index (χ0) is 23.3. The molecule has 0 saturated carbocycles. The molecule has 1 atom stereocenters. The summed E-state index contributed by atoms with van der Waals surface area (Å²) < 4.78 is 13.4. The summed E-state index contributed by atoms with van der Waals surface area (Å²) in [6.45, 7) is 2.24. The first kappa shape index (κ1) is 22.5. The van der Waals surface area contributed by atoms with Crippen LogP contribution in [0.2, 0.25) is 0 Å². The fraction of sp³-hybridized carbons (Fsp3) is 0.310. The third-order valence-corrected chi connectivity index (χ3v) is 6.96. The smallest absolute Gasteiger partial charge is 0.257 e. The average Bonchev–Trinajstić information content (AvgIpc) is 3.33. The highest BCUT2D eigenvalue weighted by Gasteiger charge is 2.34. The molecule has 174 valence electrons. The van der Waals surface area contributed by atoms with Gasteiger partial charge in [-0.1, -0.05) is 72.8 Å². The van der Waals surface area contributed by atoms with Crippen LogP contribution in [0.1, 0.15) is 42.0 Å². The average molecular weight is 456 g/mol. The van der Waals surface area contributed by atoms with Crippen LogP contribution < -0.4 is 0 Å². The Balaban J connectivity index is 1.25. The summed E-state index contributed by atoms with van der Waals surface area (Å²) in [5, 5.41) is 6.39. The summed E-state index contributed by atoms with van der Waals surface area (Å²) in [7, 11) is 0. The van der Waals surface area contributed by atoms with Crippen LogP contribution in [0.25, 0.3) is 0 Å². The number of nitrogens with zero attached hydrogens (tertiary/aromatic N) is 3. The van der Waals surface area contributed by atoms with E-state index in [4.69, 9.17) is 5.10 Å². The summed E-state index contributed by atoms with van der Waals surface area (Å²) in [4.78, 5) is 15.7. The molecule has 0 bridgehead atoms. The lowest BCUT2D eigenvalue weighted by Crippen LogP contribution is -2.42. The van der Waals surface area contributed by atoms with Crippen molar-refractivity contribution < 1.29 is 9.18 Å². The van der Waals surface area contributed by atoms with E-state index in [1.807, 2.05) is 30.3 Å². The predicted octanol–water partition coefficient (Wildman–Crippen LogP) is 5.46. The van der Waals surface area contributed by atoms with Crippen LogP contribution in [-0.4, -0.2) is 41.2 Å². The molecule has 0 spiro atoms. The number of benzene rings is 3. The van der Waals surface area contributed by atoms with Gasteiger partial charge in [-0.25, -0.2) is 9.40 Å². The second kappa shape index (κ2) is 10.3. The Morgan fingerprint density at radius 2 is 1.53 bits per heavy atom. The van der Waals surface area contributed by atoms with Gasteiger partial charge in [0.25, 0.3) is 5.91 Å². The maximum atomic E-state index is 13.4. The van der Waals surface area contributed by atoms with E-state index in [1.54, 1.807) is 17.1 Å². The van der Waals surface area contributed by atoms with Crippen molar-refractivity contribution in [2.45, 2.75) is 31.7 Å². The molecule has 2 heterocycles. The van der Waals surface area contributed by atoms with E-state index in [9.17, 15) is 9.18 Å². The number of carbonyl (C=O) groups excluding carboxylic acids is 1. The van der Waals surface area contributed by atoms with Gasteiger partial charge in [0.15, 0.2) is 0 Å². The van der Waals surface area contributed by atoms with Gasteiger partial charge in [-0.15, -0.1) is 0 Å². The van der Waals surface area contributed by atoms with Crippen LogP contribution in [0.3, 0.4) is 0 Å². The molecular formula is C29H30FN3O. The van der Waals surface area contributed by atoms with Gasteiger partial charge in [-0.3, -0.25) is 9.69 Å². The molecule has 34 heavy (non-hydrogen) atoms. The number of amides is 1. The number of halogens is 1. The Bertz CT molecular complexity index is 1120. The topological polar surface area (TPSA) is 35.9 Å². The Hall–Kier alpha value is -3.31. The molecule has 2 aliphatic rings. The molecule has 5 rings (SSSR count). The molecule has 4 nitrogen and oxygen atoms in total. The first-order valence-corrected chi connectivity index (χ1v) is 12.1. The highest BCUT2D eigenvalue weighted by molar-refractivity contribution is 6.03. The third-order valence-electron chi connectivity index (χ3n) is 6.96. The number of likely N-dealkylation sites (tertiary alicyclic amines) is 1. The quantitative estimate of drug-likeness (QED) is 0.495. The molecule has 2 aliphatic heterocycles. The Morgan fingerprint density at radius 3 is 2.21 bits per heavy atom. The molecule has 0 aliphatic carbocycles. The Morgan fingerprint density at radius 1 is 0.882 bits per heavy atom. The molecule has 1 saturated heterocycles. The van der Waals surface area contributed by atoms with Crippen molar-refractivity contribution in [1.82, 2.24) is 9.91 Å². The SMILES string of the molecule is O=C(CN1CCC(Cc2ccccc2)CC1)N1N=C(c2ccc(F)cc2)CC1c1ccccc1. The minimum Gasteiger partial charge on any atom is -0.294 e. The van der Waals surface area contributed by atoms with Crippen molar-refractivity contribution in [2.24, 2.45) is 11.0 Å². The first-order valence-electron chi connectivity index (χ1n) is 12.1. The van der Waals surface area contributed by atoms with E-state index in [1.165, 1.54) is 17.7 Å². The number of hydrazone groups is 1. The first-order chi connectivity index (χ1) is 16.7. The molecular weight excluding hydrogens is 425 g/mol. The van der Waals surface area contributed by atoms with Crippen LogP contribution in [0.15, 0.2) is 90.0 Å². The molecule has 3 aromatic carbocycles. The highest BCUT2D eigenvalue weighted by Crippen LogP contribution is 2.33. The Kier molecular flexibility index (Phi) is 6.82. The molecule has 1 unspecified atom stereocenters. The lowest BCUT2D eigenvalue weighted by molar-refractivity contribution is -0.134. The van der Waals surface area contributed by atoms with Gasteiger partial charge in [-0.2, -0.15) is 5.10 Å². The monoisotopic (exact) mass is 455 g/mol. The summed E-state index contributed by atoms with van der Waals surface area (Å²) in [5.41, 5.74) is 4.14. The number of carbonyl (C=O) groups is 1. The van der Waals surface area contributed by atoms with Crippen molar-refractivity contribution in [1.29, 1.82) is 0 Å². The van der Waals surface area contributed by atoms with Crippen LogP contribution in [0.4, 0.5) is 4.39 Å². The minimum absolute atomic E-state index is 0.0208. The molecule has 0 radical (unpaired) electrons. The van der Waals surface area contributed by atoms with Crippen molar-refractivity contribution in [3.05, 3.63) is 107 Å². The van der Waals surface area contributed by atoms with Gasteiger partial charge < -0.3 is 0 Å². The van der Waals surface area contributed by atoms with Crippen molar-refractivity contribution in [3.8, 4) is 0 Å². The van der Waals surface area contributed by atoms with E-state index in [0.29, 0.717) is 18.9 Å². The summed E-state index contributed by atoms with van der Waals surface area (Å²) in [5.74, 6) is 0.415. The lowest BCUT2D eigenvalue weighted by atomic mass is 9.90. The summed E-state index contributed by atoms with van der Waals surface area (Å²) in [6, 6.07) is 26.9. The van der Waals surface area contributed by atoms with Gasteiger partial charge >= 0.3 is 0 Å². The summed E-state index contributed by atoms with van der Waals surface area (Å²) in [6.07, 6.45) is 3.94.